The van der Waals surface area contributed by atoms with Gasteiger partial charge in [-0.25, -0.2) is 14.6 Å². The number of aliphatic carboxylic acids is 1. The topological polar surface area (TPSA) is 95.0 Å². The summed E-state index contributed by atoms with van der Waals surface area (Å²) in [7, 11) is 0. The van der Waals surface area contributed by atoms with Crippen molar-refractivity contribution in [3.05, 3.63) is 29.5 Å². The van der Waals surface area contributed by atoms with E-state index in [-0.39, 0.29) is 6.03 Å². The number of pyridine rings is 1. The summed E-state index contributed by atoms with van der Waals surface area (Å²) in [5.41, 5.74) is 1.57. The number of nitrogens with zero attached hydrogens (tertiary/aromatic N) is 3. The highest BCUT2D eigenvalue weighted by atomic mass is 16.5. The second-order valence-corrected chi connectivity index (χ2v) is 5.75. The lowest BCUT2D eigenvalue weighted by atomic mass is 10.1. The highest BCUT2D eigenvalue weighted by molar-refractivity contribution is 5.91. The van der Waals surface area contributed by atoms with Crippen LogP contribution in [-0.2, 0) is 16.1 Å². The Kier molecular flexibility index (Phi) is 5.07. The van der Waals surface area contributed by atoms with E-state index in [2.05, 4.69) is 15.2 Å². The van der Waals surface area contributed by atoms with Crippen LogP contribution in [0.3, 0.4) is 0 Å². The highest BCUT2D eigenvalue weighted by Gasteiger charge is 2.24. The largest absolute Gasteiger partial charge is 0.478 e. The number of nitrogens with one attached hydrogen (secondary N) is 1. The van der Waals surface area contributed by atoms with E-state index in [1.165, 1.54) is 6.08 Å². The van der Waals surface area contributed by atoms with Gasteiger partial charge >= 0.3 is 12.0 Å². The van der Waals surface area contributed by atoms with Crippen LogP contribution < -0.4 is 5.32 Å². The van der Waals surface area contributed by atoms with Crippen molar-refractivity contribution in [2.75, 3.05) is 44.7 Å². The van der Waals surface area contributed by atoms with Crippen molar-refractivity contribution >= 4 is 23.9 Å². The van der Waals surface area contributed by atoms with E-state index in [1.54, 1.807) is 11.1 Å². The number of amides is 2. The lowest BCUT2D eigenvalue weighted by Gasteiger charge is -2.32. The third kappa shape index (κ3) is 4.09. The number of fused-ring (bicyclic) bond motifs is 1. The van der Waals surface area contributed by atoms with E-state index < -0.39 is 5.97 Å². The first-order valence-corrected chi connectivity index (χ1v) is 7.88. The fraction of sp³-hybridized carbons (Fsp3) is 0.438. The zero-order valence-electron chi connectivity index (χ0n) is 13.3. The monoisotopic (exact) mass is 332 g/mol. The molecule has 3 heterocycles. The van der Waals surface area contributed by atoms with Crippen molar-refractivity contribution in [3.63, 3.8) is 0 Å². The number of aromatic nitrogens is 1. The van der Waals surface area contributed by atoms with Crippen LogP contribution in [0.25, 0.3) is 6.08 Å². The predicted molar refractivity (Wildman–Crippen MR) is 87.6 cm³/mol. The van der Waals surface area contributed by atoms with E-state index >= 15 is 0 Å². The first kappa shape index (κ1) is 16.4. The average molecular weight is 332 g/mol. The van der Waals surface area contributed by atoms with Crippen LogP contribution in [0.2, 0.25) is 0 Å². The van der Waals surface area contributed by atoms with Gasteiger partial charge in [-0.15, -0.1) is 0 Å². The maximum absolute atomic E-state index is 12.2. The van der Waals surface area contributed by atoms with Gasteiger partial charge in [0.05, 0.1) is 19.8 Å². The molecule has 2 aliphatic rings. The van der Waals surface area contributed by atoms with E-state index in [4.69, 9.17) is 9.84 Å². The molecule has 1 saturated heterocycles. The predicted octanol–water partition coefficient (Wildman–Crippen LogP) is 0.859. The van der Waals surface area contributed by atoms with Crippen molar-refractivity contribution in [1.82, 2.24) is 14.8 Å². The number of ether oxygens (including phenoxy) is 1. The minimum absolute atomic E-state index is 0.155. The molecule has 1 fully saturated rings. The molecule has 2 N–H and O–H groups in total. The van der Waals surface area contributed by atoms with Gasteiger partial charge in [-0.2, -0.15) is 0 Å². The summed E-state index contributed by atoms with van der Waals surface area (Å²) in [5.74, 6) is -0.469. The molecule has 128 valence electrons. The van der Waals surface area contributed by atoms with Crippen LogP contribution in [0, 0.1) is 0 Å². The number of carboxylic acids is 1. The third-order valence-electron chi connectivity index (χ3n) is 4.07. The van der Waals surface area contributed by atoms with Crippen molar-refractivity contribution in [3.8, 4) is 0 Å². The van der Waals surface area contributed by atoms with Gasteiger partial charge in [0.1, 0.15) is 5.82 Å². The molecule has 0 spiro atoms. The Morgan fingerprint density at radius 2 is 2.17 bits per heavy atom. The van der Waals surface area contributed by atoms with Crippen molar-refractivity contribution in [1.29, 1.82) is 0 Å². The highest BCUT2D eigenvalue weighted by Crippen LogP contribution is 2.22. The van der Waals surface area contributed by atoms with Gasteiger partial charge in [-0.05, 0) is 17.7 Å². The number of carbonyl (C=O) groups excluding carboxylic acids is 1. The second kappa shape index (κ2) is 7.41. The Balaban J connectivity index is 1.64. The average Bonchev–Trinajstić information content (AvgIpc) is 2.59. The normalized spacial score (nSPS) is 18.5. The van der Waals surface area contributed by atoms with E-state index in [1.807, 2.05) is 6.07 Å². The number of morpholine rings is 1. The Labute approximate surface area is 139 Å². The first-order chi connectivity index (χ1) is 11.6. The molecule has 0 aromatic carbocycles. The van der Waals surface area contributed by atoms with Crippen molar-refractivity contribution in [2.45, 2.75) is 6.54 Å². The maximum Gasteiger partial charge on any atom is 0.328 e. The van der Waals surface area contributed by atoms with Crippen LogP contribution in [-0.4, -0.2) is 71.3 Å². The van der Waals surface area contributed by atoms with Gasteiger partial charge in [0.25, 0.3) is 0 Å². The van der Waals surface area contributed by atoms with Crippen LogP contribution in [0.1, 0.15) is 11.1 Å². The standard InChI is InChI=1S/C16H20N4O4/c21-14(22)2-1-12-9-13-11-20(16(23)18-15(13)17-10-12)4-3-19-5-7-24-8-6-19/h1-2,9-10H,3-8,11H2,(H,21,22)(H,17,18,23). The maximum atomic E-state index is 12.2. The molecule has 2 aliphatic heterocycles. The van der Waals surface area contributed by atoms with Crippen molar-refractivity contribution < 1.29 is 19.4 Å². The van der Waals surface area contributed by atoms with Crippen molar-refractivity contribution in [2.24, 2.45) is 0 Å². The molecule has 8 heteroatoms. The lowest BCUT2D eigenvalue weighted by molar-refractivity contribution is -0.131. The Bertz CT molecular complexity index is 655. The van der Waals surface area contributed by atoms with Gasteiger partial charge in [0.15, 0.2) is 0 Å². The summed E-state index contributed by atoms with van der Waals surface area (Å²) in [6.45, 7) is 5.14. The van der Waals surface area contributed by atoms with Crippen LogP contribution in [0.5, 0.6) is 0 Å². The molecular formula is C16H20N4O4. The van der Waals surface area contributed by atoms with Gasteiger partial charge in [-0.3, -0.25) is 10.2 Å². The van der Waals surface area contributed by atoms with E-state index in [0.717, 1.165) is 44.5 Å². The number of carbonyl (C=O) groups is 2. The Hall–Kier alpha value is -2.45. The molecule has 1 aromatic heterocycles. The smallest absolute Gasteiger partial charge is 0.328 e. The second-order valence-electron chi connectivity index (χ2n) is 5.75. The number of rotatable bonds is 5. The Morgan fingerprint density at radius 3 is 2.92 bits per heavy atom. The summed E-state index contributed by atoms with van der Waals surface area (Å²) >= 11 is 0. The Morgan fingerprint density at radius 1 is 1.38 bits per heavy atom. The molecule has 2 amide bonds. The molecule has 0 radical (unpaired) electrons. The molecule has 1 aromatic rings. The quantitative estimate of drug-likeness (QED) is 0.777. The summed E-state index contributed by atoms with van der Waals surface area (Å²) < 4.78 is 5.32. The molecule has 0 unspecified atom stereocenters. The van der Waals surface area contributed by atoms with Crippen LogP contribution >= 0.6 is 0 Å². The summed E-state index contributed by atoms with van der Waals surface area (Å²) in [6, 6.07) is 1.69. The van der Waals surface area contributed by atoms with Gasteiger partial charge < -0.3 is 14.7 Å². The molecular weight excluding hydrogens is 312 g/mol. The molecule has 8 nitrogen and oxygen atoms in total. The summed E-state index contributed by atoms with van der Waals surface area (Å²) in [5, 5.41) is 11.5. The SMILES string of the molecule is O=C(O)C=Cc1cnc2c(c1)CN(CCN1CCOCC1)C(=O)N2. The number of urea groups is 1. The van der Waals surface area contributed by atoms with Gasteiger partial charge in [0, 0.05) is 44.0 Å². The first-order valence-electron chi connectivity index (χ1n) is 7.88. The number of hydrogen-bond donors (Lipinski definition) is 2. The summed E-state index contributed by atoms with van der Waals surface area (Å²) in [6.07, 6.45) is 4.10. The zero-order valence-corrected chi connectivity index (χ0v) is 13.3. The molecule has 0 bridgehead atoms. The minimum atomic E-state index is -1.01. The van der Waals surface area contributed by atoms with Crippen LogP contribution in [0.15, 0.2) is 18.3 Å². The lowest BCUT2D eigenvalue weighted by Crippen LogP contribution is -2.45. The molecule has 24 heavy (non-hydrogen) atoms. The van der Waals surface area contributed by atoms with Crippen LogP contribution in [0.4, 0.5) is 10.6 Å². The van der Waals surface area contributed by atoms with Gasteiger partial charge in [-0.1, -0.05) is 0 Å². The fourth-order valence-corrected chi connectivity index (χ4v) is 2.75. The van der Waals surface area contributed by atoms with E-state index in [9.17, 15) is 9.59 Å². The number of anilines is 1. The summed E-state index contributed by atoms with van der Waals surface area (Å²) in [4.78, 5) is 31.0. The van der Waals surface area contributed by atoms with Gasteiger partial charge in [0.2, 0.25) is 0 Å². The fourth-order valence-electron chi connectivity index (χ4n) is 2.75. The zero-order chi connectivity index (χ0) is 16.9. The number of hydrogen-bond acceptors (Lipinski definition) is 5. The number of carboxylic acid groups (broad SMARTS) is 1. The molecule has 0 atom stereocenters. The molecule has 3 rings (SSSR count). The third-order valence-corrected chi connectivity index (χ3v) is 4.07. The molecule has 0 saturated carbocycles. The molecule has 0 aliphatic carbocycles. The van der Waals surface area contributed by atoms with E-state index in [0.29, 0.717) is 24.5 Å². The minimum Gasteiger partial charge on any atom is -0.478 e.